The average molecular weight is 404 g/mol. The molecule has 1 atom stereocenters. The second-order valence-corrected chi connectivity index (χ2v) is 6.71. The number of hydrogen-bond donors (Lipinski definition) is 1. The van der Waals surface area contributed by atoms with E-state index >= 15 is 0 Å². The summed E-state index contributed by atoms with van der Waals surface area (Å²) in [5.74, 6) is -0.00416. The van der Waals surface area contributed by atoms with E-state index in [1.165, 1.54) is 16.9 Å². The Balaban J connectivity index is 0.00000261. The van der Waals surface area contributed by atoms with Crippen molar-refractivity contribution in [2.75, 3.05) is 13.1 Å². The number of pyridine rings is 1. The molecule has 148 valence electrons. The van der Waals surface area contributed by atoms with Gasteiger partial charge in [-0.2, -0.15) is 18.3 Å². The van der Waals surface area contributed by atoms with E-state index in [1.54, 1.807) is 4.90 Å². The molecule has 0 aliphatic carbocycles. The van der Waals surface area contributed by atoms with Crippen LogP contribution in [-0.2, 0) is 6.18 Å². The van der Waals surface area contributed by atoms with Gasteiger partial charge in [-0.25, -0.2) is 9.67 Å². The molecular formula is C17H21ClF3N5O. The Kier molecular flexibility index (Phi) is 6.16. The molecule has 0 aromatic carbocycles. The first-order chi connectivity index (χ1) is 12.2. The fraction of sp³-hybridized carbons (Fsp3) is 0.471. The van der Waals surface area contributed by atoms with Crippen LogP contribution in [0.4, 0.5) is 13.2 Å². The molecule has 1 fully saturated rings. The lowest BCUT2D eigenvalue weighted by atomic mass is 10.0. The lowest BCUT2D eigenvalue weighted by molar-refractivity contribution is -0.137. The second kappa shape index (κ2) is 7.85. The minimum absolute atomic E-state index is 0. The van der Waals surface area contributed by atoms with Gasteiger partial charge in [-0.15, -0.1) is 12.4 Å². The largest absolute Gasteiger partial charge is 0.417 e. The van der Waals surface area contributed by atoms with E-state index in [9.17, 15) is 18.0 Å². The fourth-order valence-corrected chi connectivity index (χ4v) is 3.08. The summed E-state index contributed by atoms with van der Waals surface area (Å²) < 4.78 is 39.6. The fourth-order valence-electron chi connectivity index (χ4n) is 3.08. The summed E-state index contributed by atoms with van der Waals surface area (Å²) in [4.78, 5) is 18.4. The lowest BCUT2D eigenvalue weighted by Crippen LogP contribution is -2.32. The van der Waals surface area contributed by atoms with Crippen LogP contribution in [0.1, 0.15) is 47.8 Å². The highest BCUT2D eigenvalue weighted by Gasteiger charge is 2.32. The molecule has 6 nitrogen and oxygen atoms in total. The molecule has 2 N–H and O–H groups in total. The van der Waals surface area contributed by atoms with Gasteiger partial charge in [-0.3, -0.25) is 4.79 Å². The van der Waals surface area contributed by atoms with E-state index < -0.39 is 11.7 Å². The van der Waals surface area contributed by atoms with Gasteiger partial charge in [0, 0.05) is 25.3 Å². The Labute approximate surface area is 161 Å². The molecule has 0 unspecified atom stereocenters. The van der Waals surface area contributed by atoms with Gasteiger partial charge in [0.15, 0.2) is 5.82 Å². The Bertz CT molecular complexity index is 804. The quantitative estimate of drug-likeness (QED) is 0.854. The molecule has 3 rings (SSSR count). The summed E-state index contributed by atoms with van der Waals surface area (Å²) in [6, 6.07) is 2.17. The average Bonchev–Trinajstić information content (AvgIpc) is 3.20. The predicted molar refractivity (Wildman–Crippen MR) is 96.2 cm³/mol. The Morgan fingerprint density at radius 1 is 1.30 bits per heavy atom. The lowest BCUT2D eigenvalue weighted by Gasteiger charge is -2.18. The third-order valence-corrected chi connectivity index (χ3v) is 4.39. The van der Waals surface area contributed by atoms with Crippen molar-refractivity contribution in [1.82, 2.24) is 19.7 Å². The Hall–Kier alpha value is -2.13. The number of halogens is 4. The van der Waals surface area contributed by atoms with Crippen LogP contribution in [0.2, 0.25) is 0 Å². The smallest absolute Gasteiger partial charge is 0.337 e. The molecule has 10 heteroatoms. The molecule has 27 heavy (non-hydrogen) atoms. The first-order valence-electron chi connectivity index (χ1n) is 8.35. The van der Waals surface area contributed by atoms with Crippen molar-refractivity contribution in [2.45, 2.75) is 38.4 Å². The van der Waals surface area contributed by atoms with Crippen LogP contribution in [-0.4, -0.2) is 44.7 Å². The van der Waals surface area contributed by atoms with Gasteiger partial charge >= 0.3 is 6.18 Å². The summed E-state index contributed by atoms with van der Waals surface area (Å²) >= 11 is 0. The van der Waals surface area contributed by atoms with Gasteiger partial charge in [0.1, 0.15) is 0 Å². The van der Waals surface area contributed by atoms with Crippen LogP contribution in [0.15, 0.2) is 24.5 Å². The minimum Gasteiger partial charge on any atom is -0.337 e. The number of hydrogen-bond acceptors (Lipinski definition) is 4. The maximum absolute atomic E-state index is 12.8. The molecule has 1 aliphatic rings. The van der Waals surface area contributed by atoms with Crippen molar-refractivity contribution in [2.24, 2.45) is 5.73 Å². The molecule has 3 heterocycles. The maximum atomic E-state index is 12.8. The highest BCUT2D eigenvalue weighted by molar-refractivity contribution is 5.95. The summed E-state index contributed by atoms with van der Waals surface area (Å²) in [7, 11) is 0. The van der Waals surface area contributed by atoms with Crippen LogP contribution in [0.3, 0.4) is 0 Å². The summed E-state index contributed by atoms with van der Waals surface area (Å²) in [5.41, 5.74) is 6.08. The monoisotopic (exact) mass is 403 g/mol. The highest BCUT2D eigenvalue weighted by Crippen LogP contribution is 2.30. The third-order valence-electron chi connectivity index (χ3n) is 4.39. The van der Waals surface area contributed by atoms with Crippen LogP contribution in [0.25, 0.3) is 5.82 Å². The molecule has 0 spiro atoms. The number of carbonyl (C=O) groups excluding carboxylic acids is 1. The molecular weight excluding hydrogens is 383 g/mol. The molecule has 0 bridgehead atoms. The first kappa shape index (κ1) is 21.2. The molecule has 1 aliphatic heterocycles. The van der Waals surface area contributed by atoms with E-state index in [1.807, 2.05) is 13.8 Å². The zero-order valence-electron chi connectivity index (χ0n) is 14.9. The number of alkyl halides is 3. The topological polar surface area (TPSA) is 77.0 Å². The molecule has 1 amide bonds. The van der Waals surface area contributed by atoms with E-state index in [4.69, 9.17) is 5.73 Å². The third kappa shape index (κ3) is 4.24. The van der Waals surface area contributed by atoms with E-state index in [0.717, 1.165) is 18.7 Å². The number of likely N-dealkylation sites (tertiary alicyclic amines) is 1. The van der Waals surface area contributed by atoms with Crippen molar-refractivity contribution in [3.63, 3.8) is 0 Å². The first-order valence-corrected chi connectivity index (χ1v) is 8.35. The standard InChI is InChI=1S/C17H20F3N5O.ClH/c1-10(2)15-13(16(26)24-6-5-12(21)9-24)8-23-25(15)14-4-3-11(7-22-14)17(18,19)20;/h3-4,7-8,10,12H,5-6,9,21H2,1-2H3;1H/t12-;/m0./s1. The van der Waals surface area contributed by atoms with Crippen molar-refractivity contribution in [3.05, 3.63) is 41.3 Å². The summed E-state index contributed by atoms with van der Waals surface area (Å²) in [6.07, 6.45) is -1.49. The van der Waals surface area contributed by atoms with E-state index in [2.05, 4.69) is 10.1 Å². The number of nitrogens with zero attached hydrogens (tertiary/aromatic N) is 4. The predicted octanol–water partition coefficient (Wildman–Crippen LogP) is 3.00. The van der Waals surface area contributed by atoms with E-state index in [-0.39, 0.29) is 36.1 Å². The minimum atomic E-state index is -4.45. The van der Waals surface area contributed by atoms with Gasteiger partial charge in [-0.1, -0.05) is 13.8 Å². The second-order valence-electron chi connectivity index (χ2n) is 6.71. The summed E-state index contributed by atoms with van der Waals surface area (Å²) in [6.45, 7) is 4.86. The summed E-state index contributed by atoms with van der Waals surface area (Å²) in [5, 5.41) is 4.21. The Morgan fingerprint density at radius 3 is 2.48 bits per heavy atom. The van der Waals surface area contributed by atoms with Crippen LogP contribution in [0.5, 0.6) is 0 Å². The molecule has 2 aromatic heterocycles. The van der Waals surface area contributed by atoms with Gasteiger partial charge in [0.2, 0.25) is 0 Å². The number of nitrogens with two attached hydrogens (primary N) is 1. The Morgan fingerprint density at radius 2 is 2.00 bits per heavy atom. The van der Waals surface area contributed by atoms with Crippen molar-refractivity contribution in [3.8, 4) is 5.82 Å². The number of amides is 1. The van der Waals surface area contributed by atoms with Crippen molar-refractivity contribution >= 4 is 18.3 Å². The number of aromatic nitrogens is 3. The van der Waals surface area contributed by atoms with Crippen LogP contribution >= 0.6 is 12.4 Å². The van der Waals surface area contributed by atoms with Crippen LogP contribution < -0.4 is 5.73 Å². The number of rotatable bonds is 3. The van der Waals surface area contributed by atoms with E-state index in [0.29, 0.717) is 24.3 Å². The van der Waals surface area contributed by atoms with Crippen molar-refractivity contribution < 1.29 is 18.0 Å². The number of carbonyl (C=O) groups is 1. The van der Waals surface area contributed by atoms with Gasteiger partial charge in [0.25, 0.3) is 5.91 Å². The molecule has 0 radical (unpaired) electrons. The molecule has 2 aromatic rings. The maximum Gasteiger partial charge on any atom is 0.417 e. The normalized spacial score (nSPS) is 17.3. The molecule has 0 saturated carbocycles. The zero-order valence-corrected chi connectivity index (χ0v) is 15.7. The SMILES string of the molecule is CC(C)c1c(C(=O)N2CC[C@H](N)C2)cnn1-c1ccc(C(F)(F)F)cn1.Cl. The van der Waals surface area contributed by atoms with Gasteiger partial charge < -0.3 is 10.6 Å². The van der Waals surface area contributed by atoms with Crippen LogP contribution in [0, 0.1) is 0 Å². The van der Waals surface area contributed by atoms with Gasteiger partial charge in [0.05, 0.1) is 23.0 Å². The van der Waals surface area contributed by atoms with Crippen molar-refractivity contribution in [1.29, 1.82) is 0 Å². The molecule has 1 saturated heterocycles. The highest BCUT2D eigenvalue weighted by atomic mass is 35.5. The van der Waals surface area contributed by atoms with Gasteiger partial charge in [-0.05, 0) is 24.5 Å². The zero-order chi connectivity index (χ0) is 19.1.